The van der Waals surface area contributed by atoms with Crippen LogP contribution in [-0.4, -0.2) is 34.1 Å². The molecule has 0 unspecified atom stereocenters. The maximum absolute atomic E-state index is 12.4. The maximum atomic E-state index is 12.4. The normalized spacial score (nSPS) is 11.1. The van der Waals surface area contributed by atoms with Crippen LogP contribution in [0.15, 0.2) is 77.4 Å². The van der Waals surface area contributed by atoms with Gasteiger partial charge >= 0.3 is 5.97 Å². The minimum atomic E-state index is -1.14. The third kappa shape index (κ3) is 4.50. The Morgan fingerprint density at radius 1 is 1.00 bits per heavy atom. The van der Waals surface area contributed by atoms with Crippen molar-refractivity contribution in [2.75, 3.05) is 11.9 Å². The molecule has 5 aromatic rings. The standard InChI is InChI=1S/C28H23N3O6/c1-16(32)30-20-8-3-2-6-17(20)14-31-21-9-4-7-19(28(29)35)26(21)27-22(31)12-18(23-10-5-11-36-23)13-24(27)37-15-25(33)34/h2-13H,14-15H2,1H3,(H2,29,35)(H,30,32)(H,33,34). The van der Waals surface area contributed by atoms with E-state index < -0.39 is 18.5 Å². The fourth-order valence-electron chi connectivity index (χ4n) is 4.58. The molecule has 0 bridgehead atoms. The molecule has 2 amide bonds. The number of primary amides is 1. The predicted octanol–water partition coefficient (Wildman–Crippen LogP) is 4.62. The Bertz CT molecular complexity index is 1670. The van der Waals surface area contributed by atoms with Crippen LogP contribution in [0.3, 0.4) is 0 Å². The number of amides is 2. The van der Waals surface area contributed by atoms with E-state index in [9.17, 15) is 19.5 Å². The smallest absolute Gasteiger partial charge is 0.341 e. The van der Waals surface area contributed by atoms with Gasteiger partial charge in [0.1, 0.15) is 11.5 Å². The first-order chi connectivity index (χ1) is 17.8. The number of carbonyl (C=O) groups excluding carboxylic acids is 2. The van der Waals surface area contributed by atoms with Gasteiger partial charge in [-0.25, -0.2) is 4.79 Å². The van der Waals surface area contributed by atoms with Gasteiger partial charge in [-0.1, -0.05) is 24.3 Å². The van der Waals surface area contributed by atoms with Gasteiger partial charge < -0.3 is 29.9 Å². The number of ether oxygens (including phenoxy) is 1. The van der Waals surface area contributed by atoms with Crippen LogP contribution in [0.5, 0.6) is 5.75 Å². The second kappa shape index (κ2) is 9.54. The van der Waals surface area contributed by atoms with Gasteiger partial charge in [-0.2, -0.15) is 0 Å². The number of aliphatic carboxylic acids is 1. The Kier molecular flexibility index (Phi) is 6.10. The molecule has 0 aliphatic heterocycles. The monoisotopic (exact) mass is 497 g/mol. The lowest BCUT2D eigenvalue weighted by atomic mass is 10.0. The van der Waals surface area contributed by atoms with Gasteiger partial charge in [-0.15, -0.1) is 0 Å². The summed E-state index contributed by atoms with van der Waals surface area (Å²) in [6, 6.07) is 19.8. The lowest BCUT2D eigenvalue weighted by Gasteiger charge is -2.14. The fraction of sp³-hybridized carbons (Fsp3) is 0.107. The van der Waals surface area contributed by atoms with Gasteiger partial charge in [0.05, 0.1) is 29.2 Å². The van der Waals surface area contributed by atoms with Gasteiger partial charge in [0.15, 0.2) is 6.61 Å². The van der Waals surface area contributed by atoms with Crippen LogP contribution in [0.1, 0.15) is 22.8 Å². The van der Waals surface area contributed by atoms with Crippen molar-refractivity contribution in [3.05, 3.63) is 84.1 Å². The Hall–Kier alpha value is -5.05. The summed E-state index contributed by atoms with van der Waals surface area (Å²) in [5.41, 5.74) is 9.55. The topological polar surface area (TPSA) is 137 Å². The summed E-state index contributed by atoms with van der Waals surface area (Å²) in [4.78, 5) is 35.6. The number of anilines is 1. The number of nitrogens with zero attached hydrogens (tertiary/aromatic N) is 1. The number of aromatic nitrogens is 1. The minimum absolute atomic E-state index is 0.199. The van der Waals surface area contributed by atoms with Crippen molar-refractivity contribution >= 4 is 45.3 Å². The molecule has 0 aliphatic rings. The molecule has 0 spiro atoms. The maximum Gasteiger partial charge on any atom is 0.341 e. The molecule has 3 aromatic carbocycles. The Morgan fingerprint density at radius 2 is 1.81 bits per heavy atom. The van der Waals surface area contributed by atoms with Crippen molar-refractivity contribution in [3.63, 3.8) is 0 Å². The summed E-state index contributed by atoms with van der Waals surface area (Å²) in [5.74, 6) is -1.12. The van der Waals surface area contributed by atoms with Crippen LogP contribution in [0.4, 0.5) is 5.69 Å². The van der Waals surface area contributed by atoms with E-state index in [1.807, 2.05) is 41.0 Å². The number of carboxylic acid groups (broad SMARTS) is 1. The van der Waals surface area contributed by atoms with Crippen molar-refractivity contribution in [1.29, 1.82) is 0 Å². The lowest BCUT2D eigenvalue weighted by molar-refractivity contribution is -0.139. The number of hydrogen-bond donors (Lipinski definition) is 3. The lowest BCUT2D eigenvalue weighted by Crippen LogP contribution is -2.12. The molecule has 0 atom stereocenters. The van der Waals surface area contributed by atoms with Crippen LogP contribution >= 0.6 is 0 Å². The van der Waals surface area contributed by atoms with Crippen LogP contribution in [0, 0.1) is 0 Å². The molecule has 2 heterocycles. The summed E-state index contributed by atoms with van der Waals surface area (Å²) in [7, 11) is 0. The van der Waals surface area contributed by atoms with Crippen LogP contribution in [0.2, 0.25) is 0 Å². The van der Waals surface area contributed by atoms with E-state index in [4.69, 9.17) is 14.9 Å². The first-order valence-corrected chi connectivity index (χ1v) is 11.5. The number of carboxylic acids is 1. The number of furan rings is 1. The van der Waals surface area contributed by atoms with Gasteiger partial charge in [0, 0.05) is 29.1 Å². The number of nitrogens with two attached hydrogens (primary N) is 1. The quantitative estimate of drug-likeness (QED) is 0.286. The summed E-state index contributed by atoms with van der Waals surface area (Å²) >= 11 is 0. The van der Waals surface area contributed by atoms with E-state index in [1.165, 1.54) is 6.92 Å². The van der Waals surface area contributed by atoms with Gasteiger partial charge in [-0.3, -0.25) is 9.59 Å². The molecule has 9 heteroatoms. The zero-order valence-electron chi connectivity index (χ0n) is 19.9. The molecule has 0 saturated heterocycles. The summed E-state index contributed by atoms with van der Waals surface area (Å²) in [5, 5.41) is 13.3. The number of hydrogen-bond acceptors (Lipinski definition) is 5. The average molecular weight is 498 g/mol. The van der Waals surface area contributed by atoms with Gasteiger partial charge in [0.2, 0.25) is 11.8 Å². The first-order valence-electron chi connectivity index (χ1n) is 11.5. The zero-order chi connectivity index (χ0) is 26.1. The molecule has 186 valence electrons. The molecule has 5 rings (SSSR count). The molecule has 9 nitrogen and oxygen atoms in total. The third-order valence-electron chi connectivity index (χ3n) is 6.03. The number of para-hydroxylation sites is 1. The number of nitrogens with one attached hydrogen (secondary N) is 1. The van der Waals surface area contributed by atoms with Crippen molar-refractivity contribution in [2.45, 2.75) is 13.5 Å². The largest absolute Gasteiger partial charge is 0.481 e. The number of carbonyl (C=O) groups is 3. The van der Waals surface area contributed by atoms with Crippen LogP contribution in [-0.2, 0) is 16.1 Å². The summed E-state index contributed by atoms with van der Waals surface area (Å²) in [6.07, 6.45) is 1.54. The highest BCUT2D eigenvalue weighted by atomic mass is 16.5. The molecular weight excluding hydrogens is 474 g/mol. The van der Waals surface area contributed by atoms with Crippen molar-refractivity contribution in [3.8, 4) is 17.1 Å². The Morgan fingerprint density at radius 3 is 2.51 bits per heavy atom. The molecule has 0 radical (unpaired) electrons. The van der Waals surface area contributed by atoms with Crippen molar-refractivity contribution < 1.29 is 28.6 Å². The van der Waals surface area contributed by atoms with E-state index in [2.05, 4.69) is 5.32 Å². The summed E-state index contributed by atoms with van der Waals surface area (Å²) in [6.45, 7) is 1.20. The van der Waals surface area contributed by atoms with Crippen LogP contribution < -0.4 is 15.8 Å². The highest BCUT2D eigenvalue weighted by molar-refractivity contribution is 6.20. The SMILES string of the molecule is CC(=O)Nc1ccccc1Cn1c2cc(-c3ccco3)cc(OCC(=O)O)c2c2c(C(N)=O)cccc21. The van der Waals surface area contributed by atoms with E-state index >= 15 is 0 Å². The Balaban J connectivity index is 1.84. The number of rotatable bonds is 8. The van der Waals surface area contributed by atoms with E-state index in [0.717, 1.165) is 5.56 Å². The van der Waals surface area contributed by atoms with Crippen molar-refractivity contribution in [1.82, 2.24) is 4.57 Å². The Labute approximate surface area is 211 Å². The first kappa shape index (κ1) is 23.7. The van der Waals surface area contributed by atoms with E-state index in [0.29, 0.717) is 45.4 Å². The third-order valence-corrected chi connectivity index (χ3v) is 6.03. The molecule has 0 fully saturated rings. The minimum Gasteiger partial charge on any atom is -0.481 e. The molecule has 0 saturated carbocycles. The molecule has 0 aliphatic carbocycles. The molecule has 4 N–H and O–H groups in total. The number of fused-ring (bicyclic) bond motifs is 3. The molecule has 37 heavy (non-hydrogen) atoms. The summed E-state index contributed by atoms with van der Waals surface area (Å²) < 4.78 is 13.3. The van der Waals surface area contributed by atoms with Crippen LogP contribution in [0.25, 0.3) is 33.1 Å². The molecule has 2 aromatic heterocycles. The highest BCUT2D eigenvalue weighted by Crippen LogP contribution is 2.41. The highest BCUT2D eigenvalue weighted by Gasteiger charge is 2.22. The second-order valence-electron chi connectivity index (χ2n) is 8.52. The fourth-order valence-corrected chi connectivity index (χ4v) is 4.58. The van der Waals surface area contributed by atoms with E-state index in [-0.39, 0.29) is 17.2 Å². The second-order valence-corrected chi connectivity index (χ2v) is 8.52. The van der Waals surface area contributed by atoms with Crippen molar-refractivity contribution in [2.24, 2.45) is 5.73 Å². The zero-order valence-corrected chi connectivity index (χ0v) is 19.9. The van der Waals surface area contributed by atoms with Gasteiger partial charge in [-0.05, 0) is 48.0 Å². The molecular formula is C28H23N3O6. The van der Waals surface area contributed by atoms with Gasteiger partial charge in [0.25, 0.3) is 0 Å². The predicted molar refractivity (Wildman–Crippen MR) is 139 cm³/mol. The average Bonchev–Trinajstić information content (AvgIpc) is 3.50. The number of benzene rings is 3. The van der Waals surface area contributed by atoms with E-state index in [1.54, 1.807) is 36.6 Å².